The molecule has 1 aliphatic heterocycles. The lowest BCUT2D eigenvalue weighted by atomic mass is 9.78. The highest BCUT2D eigenvalue weighted by Gasteiger charge is 2.29. The Morgan fingerprint density at radius 2 is 1.90 bits per heavy atom. The van der Waals surface area contributed by atoms with Crippen molar-refractivity contribution in [1.29, 1.82) is 0 Å². The summed E-state index contributed by atoms with van der Waals surface area (Å²) in [5.41, 5.74) is 5.00. The van der Waals surface area contributed by atoms with Gasteiger partial charge in [-0.3, -0.25) is 4.79 Å². The Bertz CT molecular complexity index is 1460. The van der Waals surface area contributed by atoms with Crippen molar-refractivity contribution in [3.8, 4) is 11.5 Å². The van der Waals surface area contributed by atoms with Gasteiger partial charge in [-0.25, -0.2) is 9.78 Å². The fourth-order valence-electron chi connectivity index (χ4n) is 6.15. The molecule has 3 aliphatic rings. The number of nitrogens with one attached hydrogen (secondary N) is 1. The summed E-state index contributed by atoms with van der Waals surface area (Å²) in [5.74, 6) is 1.73. The van der Waals surface area contributed by atoms with Crippen LogP contribution >= 0.6 is 0 Å². The van der Waals surface area contributed by atoms with E-state index in [-0.39, 0.29) is 25.3 Å². The number of nitrogens with zero attached hydrogens (tertiary/aromatic N) is 1. The second kappa shape index (κ2) is 10.7. The van der Waals surface area contributed by atoms with Crippen LogP contribution in [0.2, 0.25) is 0 Å². The topological polar surface area (TPSA) is 86.8 Å². The minimum Gasteiger partial charge on any atom is -0.454 e. The first-order valence-corrected chi connectivity index (χ1v) is 14.0. The molecule has 0 radical (unpaired) electrons. The summed E-state index contributed by atoms with van der Waals surface area (Å²) in [7, 11) is 0. The number of para-hydroxylation sites is 1. The number of esters is 1. The number of hydrogen-bond acceptors (Lipinski definition) is 6. The van der Waals surface area contributed by atoms with Crippen LogP contribution in [0.4, 0.5) is 0 Å². The zero-order valence-corrected chi connectivity index (χ0v) is 22.5. The first kappa shape index (κ1) is 25.4. The molecule has 1 fully saturated rings. The monoisotopic (exact) mass is 526 g/mol. The normalized spacial score (nSPS) is 22.9. The van der Waals surface area contributed by atoms with E-state index in [2.05, 4.69) is 25.2 Å². The number of allylic oxidation sites excluding steroid dienone is 1. The Morgan fingerprint density at radius 1 is 1.05 bits per heavy atom. The highest BCUT2D eigenvalue weighted by molar-refractivity contribution is 6.07. The summed E-state index contributed by atoms with van der Waals surface area (Å²) in [6.45, 7) is 4.36. The molecule has 2 aliphatic carbocycles. The van der Waals surface area contributed by atoms with Gasteiger partial charge in [-0.05, 0) is 78.5 Å². The lowest BCUT2D eigenvalue weighted by molar-refractivity contribution is -0.125. The molecule has 7 heteroatoms. The van der Waals surface area contributed by atoms with E-state index in [1.54, 1.807) is 0 Å². The van der Waals surface area contributed by atoms with Crippen molar-refractivity contribution in [3.63, 3.8) is 0 Å². The molecule has 39 heavy (non-hydrogen) atoms. The molecule has 1 aromatic heterocycles. The first-order chi connectivity index (χ1) is 19.0. The van der Waals surface area contributed by atoms with Crippen molar-refractivity contribution in [3.05, 3.63) is 64.8 Å². The summed E-state index contributed by atoms with van der Waals surface area (Å²) >= 11 is 0. The molecule has 0 bridgehead atoms. The molecule has 2 heterocycles. The van der Waals surface area contributed by atoms with E-state index in [1.807, 2.05) is 42.5 Å². The van der Waals surface area contributed by atoms with Crippen LogP contribution in [-0.4, -0.2) is 36.3 Å². The fourth-order valence-corrected chi connectivity index (χ4v) is 6.15. The standard InChI is InChI=1S/C32H34N2O5/c1-19-7-5-12-25(20(19)2)33-29(35)17-37-32(36)30-23-9-3-4-11-26(23)34-31-22(8-6-10-24(30)31)15-21-13-14-27-28(16-21)39-18-38-27/h3-4,9,11,13-16,19-20,25H,5-8,10,12,17-18H2,1-2H3,(H,33,35)/b22-15-. The van der Waals surface area contributed by atoms with Crippen molar-refractivity contribution >= 4 is 34.4 Å². The summed E-state index contributed by atoms with van der Waals surface area (Å²) < 4.78 is 16.6. The Morgan fingerprint density at radius 3 is 2.79 bits per heavy atom. The number of fused-ring (bicyclic) bond motifs is 3. The summed E-state index contributed by atoms with van der Waals surface area (Å²) in [5, 5.41) is 3.85. The van der Waals surface area contributed by atoms with Crippen LogP contribution in [0, 0.1) is 11.8 Å². The van der Waals surface area contributed by atoms with Gasteiger partial charge in [0, 0.05) is 11.4 Å². The average Bonchev–Trinajstić information content (AvgIpc) is 3.41. The molecule has 3 unspecified atom stereocenters. The maximum Gasteiger partial charge on any atom is 0.339 e. The van der Waals surface area contributed by atoms with Crippen molar-refractivity contribution in [2.24, 2.45) is 11.8 Å². The van der Waals surface area contributed by atoms with Gasteiger partial charge < -0.3 is 19.5 Å². The molecular formula is C32H34N2O5. The van der Waals surface area contributed by atoms with Gasteiger partial charge >= 0.3 is 5.97 Å². The SMILES string of the molecule is CC1CCCC(NC(=O)COC(=O)c2c3c(nc4ccccc24)/C(=C\c2ccc4c(c2)OCO4)CCC3)C1C. The second-order valence-corrected chi connectivity index (χ2v) is 11.0. The van der Waals surface area contributed by atoms with E-state index in [0.29, 0.717) is 17.4 Å². The molecule has 0 spiro atoms. The number of rotatable bonds is 5. The molecule has 7 nitrogen and oxygen atoms in total. The van der Waals surface area contributed by atoms with Gasteiger partial charge in [0.1, 0.15) is 0 Å². The van der Waals surface area contributed by atoms with Crippen LogP contribution in [0.25, 0.3) is 22.6 Å². The zero-order valence-electron chi connectivity index (χ0n) is 22.5. The van der Waals surface area contributed by atoms with E-state index >= 15 is 0 Å². The van der Waals surface area contributed by atoms with Crippen molar-refractivity contribution in [1.82, 2.24) is 10.3 Å². The number of carbonyl (C=O) groups is 2. The largest absolute Gasteiger partial charge is 0.454 e. The molecule has 1 N–H and O–H groups in total. The molecular weight excluding hydrogens is 492 g/mol. The van der Waals surface area contributed by atoms with Gasteiger partial charge in [0.05, 0.1) is 16.8 Å². The Hall–Kier alpha value is -3.87. The third-order valence-corrected chi connectivity index (χ3v) is 8.50. The smallest absolute Gasteiger partial charge is 0.339 e. The maximum atomic E-state index is 13.6. The molecule has 1 amide bonds. The van der Waals surface area contributed by atoms with Gasteiger partial charge in [-0.2, -0.15) is 0 Å². The van der Waals surface area contributed by atoms with Crippen molar-refractivity contribution < 1.29 is 23.8 Å². The molecule has 0 saturated heterocycles. The number of pyridine rings is 1. The minimum atomic E-state index is -0.477. The van der Waals surface area contributed by atoms with Crippen molar-refractivity contribution in [2.75, 3.05) is 13.4 Å². The lowest BCUT2D eigenvalue weighted by Crippen LogP contribution is -2.45. The van der Waals surface area contributed by atoms with Gasteiger partial charge in [0.25, 0.3) is 5.91 Å². The molecule has 202 valence electrons. The Kier molecular flexibility index (Phi) is 6.98. The van der Waals surface area contributed by atoms with Crippen molar-refractivity contribution in [2.45, 2.75) is 58.4 Å². The highest BCUT2D eigenvalue weighted by atomic mass is 16.7. The van der Waals surface area contributed by atoms with E-state index in [4.69, 9.17) is 19.2 Å². The predicted octanol–water partition coefficient (Wildman–Crippen LogP) is 5.94. The predicted molar refractivity (Wildman–Crippen MR) is 150 cm³/mol. The number of hydrogen-bond donors (Lipinski definition) is 1. The van der Waals surface area contributed by atoms with Crippen LogP contribution in [-0.2, 0) is 16.0 Å². The Labute approximate surface area is 228 Å². The third-order valence-electron chi connectivity index (χ3n) is 8.50. The maximum absolute atomic E-state index is 13.6. The van der Waals surface area contributed by atoms with Gasteiger partial charge in [0.15, 0.2) is 18.1 Å². The van der Waals surface area contributed by atoms with Crippen LogP contribution in [0.1, 0.15) is 73.1 Å². The molecule has 6 rings (SSSR count). The average molecular weight is 527 g/mol. The minimum absolute atomic E-state index is 0.123. The first-order valence-electron chi connectivity index (χ1n) is 14.0. The van der Waals surface area contributed by atoms with E-state index in [1.165, 1.54) is 6.42 Å². The number of benzene rings is 2. The van der Waals surface area contributed by atoms with Crippen LogP contribution in [0.15, 0.2) is 42.5 Å². The van der Waals surface area contributed by atoms with E-state index in [9.17, 15) is 9.59 Å². The lowest BCUT2D eigenvalue weighted by Gasteiger charge is -2.34. The van der Waals surface area contributed by atoms with E-state index in [0.717, 1.165) is 76.9 Å². The zero-order chi connectivity index (χ0) is 26.9. The highest BCUT2D eigenvalue weighted by Crippen LogP contribution is 2.38. The summed E-state index contributed by atoms with van der Waals surface area (Å²) in [6, 6.07) is 13.6. The number of ether oxygens (including phenoxy) is 3. The second-order valence-electron chi connectivity index (χ2n) is 11.0. The number of carbonyl (C=O) groups excluding carboxylic acids is 2. The fraction of sp³-hybridized carbons (Fsp3) is 0.406. The molecule has 1 saturated carbocycles. The molecule has 2 aromatic carbocycles. The summed E-state index contributed by atoms with van der Waals surface area (Å²) in [6.07, 6.45) is 7.83. The number of amides is 1. The third kappa shape index (κ3) is 5.10. The van der Waals surface area contributed by atoms with Crippen LogP contribution < -0.4 is 14.8 Å². The van der Waals surface area contributed by atoms with Gasteiger partial charge in [-0.1, -0.05) is 51.0 Å². The number of aromatic nitrogens is 1. The van der Waals surface area contributed by atoms with Crippen LogP contribution in [0.3, 0.4) is 0 Å². The molecule has 3 aromatic rings. The molecule has 3 atom stereocenters. The van der Waals surface area contributed by atoms with Crippen LogP contribution in [0.5, 0.6) is 11.5 Å². The Balaban J connectivity index is 1.28. The summed E-state index contributed by atoms with van der Waals surface area (Å²) in [4.78, 5) is 31.3. The quantitative estimate of drug-likeness (QED) is 0.414. The van der Waals surface area contributed by atoms with E-state index < -0.39 is 5.97 Å². The van der Waals surface area contributed by atoms with Gasteiger partial charge in [0.2, 0.25) is 6.79 Å². The van der Waals surface area contributed by atoms with Gasteiger partial charge in [-0.15, -0.1) is 0 Å².